The molecule has 1 rings (SSSR count). The van der Waals surface area contributed by atoms with E-state index in [4.69, 9.17) is 0 Å². The molecule has 0 aliphatic rings. The normalized spacial score (nSPS) is 11.9. The van der Waals surface area contributed by atoms with Crippen LogP contribution in [0.15, 0.2) is 30.2 Å². The molecule has 1 N–H and O–H groups in total. The summed E-state index contributed by atoms with van der Waals surface area (Å²) in [6.07, 6.45) is 3.85. The monoisotopic (exact) mass is 288 g/mol. The second-order valence-corrected chi connectivity index (χ2v) is 6.99. The van der Waals surface area contributed by atoms with Crippen LogP contribution < -0.4 is 4.72 Å². The van der Waals surface area contributed by atoms with Gasteiger partial charge in [-0.05, 0) is 17.9 Å². The number of rotatable bonds is 9. The van der Waals surface area contributed by atoms with Crippen molar-refractivity contribution in [1.29, 1.82) is 0 Å². The minimum atomic E-state index is -3.07. The maximum atomic E-state index is 10.9. The Hall–Kier alpha value is -0.690. The van der Waals surface area contributed by atoms with Crippen LogP contribution in [-0.2, 0) is 16.6 Å². The van der Waals surface area contributed by atoms with Crippen molar-refractivity contribution in [3.63, 3.8) is 0 Å². The topological polar surface area (TPSA) is 49.4 Å². The second kappa shape index (κ2) is 7.68. The fraction of sp³-hybridized carbons (Fsp3) is 0.500. The Labute approximate surface area is 113 Å². The molecule has 0 amide bonds. The molecule has 0 bridgehead atoms. The smallest absolute Gasteiger partial charge is 0.208 e. The van der Waals surface area contributed by atoms with Gasteiger partial charge in [0, 0.05) is 31.1 Å². The van der Waals surface area contributed by atoms with Gasteiger partial charge in [0.25, 0.3) is 0 Å². The third-order valence-electron chi connectivity index (χ3n) is 2.36. The van der Waals surface area contributed by atoms with Gasteiger partial charge in [0.05, 0.1) is 6.26 Å². The van der Waals surface area contributed by atoms with E-state index in [2.05, 4.69) is 27.6 Å². The summed E-state index contributed by atoms with van der Waals surface area (Å²) in [4.78, 5) is 3.57. The van der Waals surface area contributed by atoms with Crippen LogP contribution in [0, 0.1) is 0 Å². The first-order valence-electron chi connectivity index (χ1n) is 5.81. The molecular formula is C12H20N2O2S2. The number of sulfonamides is 1. The largest absolute Gasteiger partial charge is 0.295 e. The SMILES string of the molecule is C=CCN(CCCNS(C)(=O)=O)Cc1cccs1. The van der Waals surface area contributed by atoms with Crippen molar-refractivity contribution in [1.82, 2.24) is 9.62 Å². The summed E-state index contributed by atoms with van der Waals surface area (Å²) in [6, 6.07) is 4.15. The van der Waals surface area contributed by atoms with E-state index in [1.807, 2.05) is 12.1 Å². The zero-order valence-electron chi connectivity index (χ0n) is 10.6. The molecule has 1 heterocycles. The zero-order valence-corrected chi connectivity index (χ0v) is 12.3. The quantitative estimate of drug-likeness (QED) is 0.555. The number of hydrogen-bond acceptors (Lipinski definition) is 4. The first kappa shape index (κ1) is 15.4. The van der Waals surface area contributed by atoms with E-state index in [1.54, 1.807) is 11.3 Å². The van der Waals surface area contributed by atoms with E-state index in [1.165, 1.54) is 11.1 Å². The number of nitrogens with zero attached hydrogens (tertiary/aromatic N) is 1. The van der Waals surface area contributed by atoms with E-state index in [-0.39, 0.29) is 0 Å². The Morgan fingerprint density at radius 2 is 2.33 bits per heavy atom. The van der Waals surface area contributed by atoms with Crippen LogP contribution >= 0.6 is 11.3 Å². The molecule has 18 heavy (non-hydrogen) atoms. The van der Waals surface area contributed by atoms with Crippen LogP contribution in [0.3, 0.4) is 0 Å². The van der Waals surface area contributed by atoms with Crippen molar-refractivity contribution < 1.29 is 8.42 Å². The molecule has 0 aliphatic heterocycles. The fourth-order valence-corrected chi connectivity index (χ4v) is 2.86. The summed E-state index contributed by atoms with van der Waals surface area (Å²) >= 11 is 1.73. The molecule has 0 fully saturated rings. The highest BCUT2D eigenvalue weighted by atomic mass is 32.2. The van der Waals surface area contributed by atoms with E-state index >= 15 is 0 Å². The molecule has 0 saturated carbocycles. The highest BCUT2D eigenvalue weighted by Crippen LogP contribution is 2.11. The molecule has 1 aromatic heterocycles. The predicted molar refractivity (Wildman–Crippen MR) is 77.3 cm³/mol. The van der Waals surface area contributed by atoms with E-state index < -0.39 is 10.0 Å². The van der Waals surface area contributed by atoms with E-state index in [0.717, 1.165) is 26.1 Å². The molecule has 0 unspecified atom stereocenters. The van der Waals surface area contributed by atoms with Gasteiger partial charge in [0.15, 0.2) is 0 Å². The van der Waals surface area contributed by atoms with Gasteiger partial charge in [-0.25, -0.2) is 13.1 Å². The lowest BCUT2D eigenvalue weighted by Crippen LogP contribution is -2.29. The molecule has 0 aromatic carbocycles. The van der Waals surface area contributed by atoms with Gasteiger partial charge in [0.1, 0.15) is 0 Å². The van der Waals surface area contributed by atoms with Crippen molar-refractivity contribution in [2.75, 3.05) is 25.9 Å². The lowest BCUT2D eigenvalue weighted by atomic mass is 10.3. The average molecular weight is 288 g/mol. The molecule has 1 aromatic rings. The molecule has 0 saturated heterocycles. The second-order valence-electron chi connectivity index (χ2n) is 4.12. The Balaban J connectivity index is 2.32. The van der Waals surface area contributed by atoms with E-state index in [0.29, 0.717) is 6.54 Å². The number of nitrogens with one attached hydrogen (secondary N) is 1. The minimum absolute atomic E-state index is 0.483. The van der Waals surface area contributed by atoms with Crippen LogP contribution in [0.5, 0.6) is 0 Å². The third kappa shape index (κ3) is 6.90. The summed E-state index contributed by atoms with van der Waals surface area (Å²) < 4.78 is 24.3. The van der Waals surface area contributed by atoms with Gasteiger partial charge >= 0.3 is 0 Å². The summed E-state index contributed by atoms with van der Waals surface area (Å²) in [5.41, 5.74) is 0. The minimum Gasteiger partial charge on any atom is -0.295 e. The molecule has 0 atom stereocenters. The Morgan fingerprint density at radius 1 is 1.56 bits per heavy atom. The summed E-state index contributed by atoms with van der Waals surface area (Å²) in [6.45, 7) is 6.79. The zero-order chi connectivity index (χ0) is 13.4. The molecule has 6 heteroatoms. The number of thiophene rings is 1. The highest BCUT2D eigenvalue weighted by Gasteiger charge is 2.06. The Morgan fingerprint density at radius 3 is 2.89 bits per heavy atom. The molecular weight excluding hydrogens is 268 g/mol. The van der Waals surface area contributed by atoms with Gasteiger partial charge in [-0.15, -0.1) is 17.9 Å². The maximum absolute atomic E-state index is 10.9. The first-order chi connectivity index (χ1) is 8.51. The van der Waals surface area contributed by atoms with Crippen molar-refractivity contribution in [2.24, 2.45) is 0 Å². The van der Waals surface area contributed by atoms with Crippen molar-refractivity contribution in [3.05, 3.63) is 35.0 Å². The van der Waals surface area contributed by atoms with Crippen LogP contribution in [0.2, 0.25) is 0 Å². The van der Waals surface area contributed by atoms with Crippen molar-refractivity contribution >= 4 is 21.4 Å². The van der Waals surface area contributed by atoms with Crippen molar-refractivity contribution in [3.8, 4) is 0 Å². The molecule has 0 aliphatic carbocycles. The van der Waals surface area contributed by atoms with Gasteiger partial charge in [-0.3, -0.25) is 4.90 Å². The Kier molecular flexibility index (Phi) is 6.56. The van der Waals surface area contributed by atoms with Crippen LogP contribution in [0.1, 0.15) is 11.3 Å². The molecule has 102 valence electrons. The van der Waals surface area contributed by atoms with Gasteiger partial charge < -0.3 is 0 Å². The Bertz CT molecular complexity index is 441. The molecule has 0 spiro atoms. The summed E-state index contributed by atoms with van der Waals surface area (Å²) in [5, 5.41) is 2.06. The highest BCUT2D eigenvalue weighted by molar-refractivity contribution is 7.88. The predicted octanol–water partition coefficient (Wildman–Crippen LogP) is 1.68. The van der Waals surface area contributed by atoms with E-state index in [9.17, 15) is 8.42 Å². The summed E-state index contributed by atoms with van der Waals surface area (Å²) in [5.74, 6) is 0. The lowest BCUT2D eigenvalue weighted by molar-refractivity contribution is 0.293. The molecule has 0 radical (unpaired) electrons. The maximum Gasteiger partial charge on any atom is 0.208 e. The standard InChI is InChI=1S/C12H20N2O2S2/c1-3-8-14(11-12-6-4-10-17-12)9-5-7-13-18(2,15)16/h3-4,6,10,13H,1,5,7-9,11H2,2H3. The fourth-order valence-electron chi connectivity index (χ4n) is 1.60. The number of hydrogen-bond donors (Lipinski definition) is 1. The van der Waals surface area contributed by atoms with Gasteiger partial charge in [0.2, 0.25) is 10.0 Å². The molecule has 4 nitrogen and oxygen atoms in total. The average Bonchev–Trinajstić information content (AvgIpc) is 2.76. The van der Waals surface area contributed by atoms with Gasteiger partial charge in [-0.1, -0.05) is 12.1 Å². The van der Waals surface area contributed by atoms with Crippen LogP contribution in [0.4, 0.5) is 0 Å². The van der Waals surface area contributed by atoms with Crippen molar-refractivity contribution in [2.45, 2.75) is 13.0 Å². The van der Waals surface area contributed by atoms with Crippen LogP contribution in [0.25, 0.3) is 0 Å². The summed E-state index contributed by atoms with van der Waals surface area (Å²) in [7, 11) is -3.07. The third-order valence-corrected chi connectivity index (χ3v) is 3.95. The van der Waals surface area contributed by atoms with Crippen LogP contribution in [-0.4, -0.2) is 39.2 Å². The first-order valence-corrected chi connectivity index (χ1v) is 8.58. The lowest BCUT2D eigenvalue weighted by Gasteiger charge is -2.19. The van der Waals surface area contributed by atoms with Gasteiger partial charge in [-0.2, -0.15) is 0 Å².